The van der Waals surface area contributed by atoms with Crippen LogP contribution in [0.2, 0.25) is 0 Å². The lowest BCUT2D eigenvalue weighted by atomic mass is 9.54. The van der Waals surface area contributed by atoms with E-state index in [0.29, 0.717) is 5.92 Å². The lowest BCUT2D eigenvalue weighted by Crippen LogP contribution is -2.51. The number of hydrogen-bond donors (Lipinski definition) is 2. The average Bonchev–Trinajstić information content (AvgIpc) is 2.33. The first-order valence-electron chi connectivity index (χ1n) is 6.63. The molecule has 0 bridgehead atoms. The first-order chi connectivity index (χ1) is 8.01. The minimum absolute atomic E-state index is 0.0841. The Balaban J connectivity index is 2.26. The third kappa shape index (κ3) is 1.98. The van der Waals surface area contributed by atoms with E-state index in [0.717, 1.165) is 32.1 Å². The smallest absolute Gasteiger partial charge is 0.0627 e. The van der Waals surface area contributed by atoms with Crippen molar-refractivity contribution in [3.63, 3.8) is 0 Å². The Labute approximate surface area is 104 Å². The monoisotopic (exact) mass is 236 g/mol. The molecule has 2 aliphatic rings. The number of allylic oxidation sites excluding steroid dienone is 2. The number of rotatable bonds is 2. The summed E-state index contributed by atoms with van der Waals surface area (Å²) in [7, 11) is 0. The SMILES string of the molecule is C=C(C)C1CCC2(CO)C(O)CCC(=C)C2C1. The highest BCUT2D eigenvalue weighted by Gasteiger charge is 2.51. The van der Waals surface area contributed by atoms with Gasteiger partial charge in [0.2, 0.25) is 0 Å². The van der Waals surface area contributed by atoms with Gasteiger partial charge >= 0.3 is 0 Å². The zero-order chi connectivity index (χ0) is 12.6. The topological polar surface area (TPSA) is 40.5 Å². The van der Waals surface area contributed by atoms with E-state index in [-0.39, 0.29) is 24.0 Å². The van der Waals surface area contributed by atoms with Crippen molar-refractivity contribution < 1.29 is 10.2 Å². The molecule has 4 atom stereocenters. The molecule has 2 N–H and O–H groups in total. The predicted molar refractivity (Wildman–Crippen MR) is 69.5 cm³/mol. The molecule has 96 valence electrons. The van der Waals surface area contributed by atoms with Crippen LogP contribution in [-0.2, 0) is 0 Å². The molecule has 0 amide bonds. The Morgan fingerprint density at radius 3 is 2.76 bits per heavy atom. The van der Waals surface area contributed by atoms with Crippen LogP contribution < -0.4 is 0 Å². The molecular weight excluding hydrogens is 212 g/mol. The molecular formula is C15H24O2. The predicted octanol–water partition coefficient (Wildman–Crippen LogP) is 2.67. The van der Waals surface area contributed by atoms with Crippen LogP contribution in [0.25, 0.3) is 0 Å². The van der Waals surface area contributed by atoms with Crippen molar-refractivity contribution in [3.05, 3.63) is 24.3 Å². The van der Waals surface area contributed by atoms with Gasteiger partial charge in [-0.3, -0.25) is 0 Å². The molecule has 0 saturated heterocycles. The molecule has 2 saturated carbocycles. The van der Waals surface area contributed by atoms with Gasteiger partial charge in [0.05, 0.1) is 12.7 Å². The fourth-order valence-corrected chi connectivity index (χ4v) is 3.75. The number of aliphatic hydroxyl groups excluding tert-OH is 2. The largest absolute Gasteiger partial charge is 0.396 e. The Morgan fingerprint density at radius 1 is 1.47 bits per heavy atom. The zero-order valence-corrected chi connectivity index (χ0v) is 10.8. The van der Waals surface area contributed by atoms with Crippen molar-refractivity contribution >= 4 is 0 Å². The van der Waals surface area contributed by atoms with Crippen molar-refractivity contribution in [2.45, 2.75) is 45.1 Å². The quantitative estimate of drug-likeness (QED) is 0.724. The van der Waals surface area contributed by atoms with Crippen LogP contribution in [0.3, 0.4) is 0 Å². The molecule has 17 heavy (non-hydrogen) atoms. The Kier molecular flexibility index (Phi) is 3.46. The summed E-state index contributed by atoms with van der Waals surface area (Å²) < 4.78 is 0. The van der Waals surface area contributed by atoms with Gasteiger partial charge in [-0.1, -0.05) is 24.3 Å². The number of fused-ring (bicyclic) bond motifs is 1. The summed E-state index contributed by atoms with van der Waals surface area (Å²) in [6, 6.07) is 0. The summed E-state index contributed by atoms with van der Waals surface area (Å²) >= 11 is 0. The first-order valence-corrected chi connectivity index (χ1v) is 6.63. The van der Waals surface area contributed by atoms with E-state index < -0.39 is 0 Å². The molecule has 0 aromatic rings. The molecule has 2 rings (SSSR count). The highest BCUT2D eigenvalue weighted by Crippen LogP contribution is 2.54. The van der Waals surface area contributed by atoms with Gasteiger partial charge in [0, 0.05) is 5.41 Å². The Bertz CT molecular complexity index is 334. The summed E-state index contributed by atoms with van der Waals surface area (Å²) in [6.45, 7) is 10.4. The molecule has 2 nitrogen and oxygen atoms in total. The van der Waals surface area contributed by atoms with Crippen molar-refractivity contribution in [2.75, 3.05) is 6.61 Å². The van der Waals surface area contributed by atoms with Crippen molar-refractivity contribution in [2.24, 2.45) is 17.3 Å². The van der Waals surface area contributed by atoms with Crippen LogP contribution in [0.4, 0.5) is 0 Å². The van der Waals surface area contributed by atoms with Gasteiger partial charge in [0.15, 0.2) is 0 Å². The average molecular weight is 236 g/mol. The van der Waals surface area contributed by atoms with E-state index in [4.69, 9.17) is 0 Å². The molecule has 2 fully saturated rings. The fraction of sp³-hybridized carbons (Fsp3) is 0.733. The van der Waals surface area contributed by atoms with E-state index in [1.165, 1.54) is 11.1 Å². The van der Waals surface area contributed by atoms with Gasteiger partial charge < -0.3 is 10.2 Å². The molecule has 2 heteroatoms. The maximum atomic E-state index is 10.3. The third-order valence-corrected chi connectivity index (χ3v) is 5.06. The van der Waals surface area contributed by atoms with E-state index in [1.54, 1.807) is 0 Å². The molecule has 0 aliphatic heterocycles. The second-order valence-electron chi connectivity index (χ2n) is 5.97. The maximum Gasteiger partial charge on any atom is 0.0627 e. The molecule has 0 aromatic carbocycles. The van der Waals surface area contributed by atoms with E-state index in [2.05, 4.69) is 20.1 Å². The minimum atomic E-state index is -0.367. The lowest BCUT2D eigenvalue weighted by molar-refractivity contribution is -0.0941. The third-order valence-electron chi connectivity index (χ3n) is 5.06. The highest BCUT2D eigenvalue weighted by molar-refractivity contribution is 5.18. The van der Waals surface area contributed by atoms with E-state index in [1.807, 2.05) is 0 Å². The van der Waals surface area contributed by atoms with Gasteiger partial charge in [-0.05, 0) is 50.9 Å². The summed E-state index contributed by atoms with van der Waals surface area (Å²) in [5.41, 5.74) is 2.13. The van der Waals surface area contributed by atoms with Crippen LogP contribution >= 0.6 is 0 Å². The molecule has 4 unspecified atom stereocenters. The summed E-state index contributed by atoms with van der Waals surface area (Å²) in [6.07, 6.45) is 4.23. The highest BCUT2D eigenvalue weighted by atomic mass is 16.3. The Morgan fingerprint density at radius 2 is 2.18 bits per heavy atom. The number of aliphatic hydroxyl groups is 2. The van der Waals surface area contributed by atoms with Crippen molar-refractivity contribution in [1.29, 1.82) is 0 Å². The van der Waals surface area contributed by atoms with Crippen molar-refractivity contribution in [3.8, 4) is 0 Å². The van der Waals surface area contributed by atoms with Crippen LogP contribution in [0.15, 0.2) is 24.3 Å². The fourth-order valence-electron chi connectivity index (χ4n) is 3.75. The van der Waals surface area contributed by atoms with Crippen LogP contribution in [0.1, 0.15) is 39.0 Å². The standard InChI is InChI=1S/C15H24O2/c1-10(2)12-6-7-15(9-16)13(8-12)11(3)4-5-14(15)17/h12-14,16-17H,1,3-9H2,2H3. The minimum Gasteiger partial charge on any atom is -0.396 e. The first kappa shape index (κ1) is 12.8. The van der Waals surface area contributed by atoms with Crippen molar-refractivity contribution in [1.82, 2.24) is 0 Å². The molecule has 0 aromatic heterocycles. The lowest BCUT2D eigenvalue weighted by Gasteiger charge is -2.52. The molecule has 0 spiro atoms. The van der Waals surface area contributed by atoms with Gasteiger partial charge in [-0.25, -0.2) is 0 Å². The van der Waals surface area contributed by atoms with Gasteiger partial charge in [0.1, 0.15) is 0 Å². The van der Waals surface area contributed by atoms with Crippen LogP contribution in [-0.4, -0.2) is 22.9 Å². The second kappa shape index (κ2) is 4.58. The van der Waals surface area contributed by atoms with E-state index >= 15 is 0 Å². The summed E-state index contributed by atoms with van der Waals surface area (Å²) in [5, 5.41) is 20.0. The van der Waals surface area contributed by atoms with E-state index in [9.17, 15) is 10.2 Å². The van der Waals surface area contributed by atoms with Crippen LogP contribution in [0.5, 0.6) is 0 Å². The summed E-state index contributed by atoms with van der Waals surface area (Å²) in [5.74, 6) is 0.799. The van der Waals surface area contributed by atoms with Crippen LogP contribution in [0, 0.1) is 17.3 Å². The molecule has 0 heterocycles. The number of hydrogen-bond acceptors (Lipinski definition) is 2. The second-order valence-corrected chi connectivity index (χ2v) is 5.97. The van der Waals surface area contributed by atoms with Gasteiger partial charge in [-0.2, -0.15) is 0 Å². The summed E-state index contributed by atoms with van der Waals surface area (Å²) in [4.78, 5) is 0. The van der Waals surface area contributed by atoms with Gasteiger partial charge in [-0.15, -0.1) is 0 Å². The maximum absolute atomic E-state index is 10.3. The molecule has 2 aliphatic carbocycles. The zero-order valence-electron chi connectivity index (χ0n) is 10.8. The Hall–Kier alpha value is -0.600. The molecule has 0 radical (unpaired) electrons. The van der Waals surface area contributed by atoms with Gasteiger partial charge in [0.25, 0.3) is 0 Å². The normalized spacial score (nSPS) is 42.1.